The minimum absolute atomic E-state index is 0.0669. The van der Waals surface area contributed by atoms with Crippen LogP contribution in [0.5, 0.6) is 0 Å². The van der Waals surface area contributed by atoms with E-state index in [1.807, 2.05) is 0 Å². The monoisotopic (exact) mass is 447 g/mol. The predicted molar refractivity (Wildman–Crippen MR) is 148 cm³/mol. The molecular formula is C34H39. The third kappa shape index (κ3) is 4.83. The molecular weight excluding hydrogens is 408 g/mol. The topological polar surface area (TPSA) is 0 Å². The van der Waals surface area contributed by atoms with E-state index >= 15 is 0 Å². The molecule has 3 unspecified atom stereocenters. The molecule has 0 aliphatic rings. The zero-order chi connectivity index (χ0) is 24.0. The highest BCUT2D eigenvalue weighted by Gasteiger charge is 2.47. The second-order valence-electron chi connectivity index (χ2n) is 10.4. The van der Waals surface area contributed by atoms with E-state index in [9.17, 15) is 0 Å². The molecule has 4 aromatic rings. The maximum absolute atomic E-state index is 5.05. The van der Waals surface area contributed by atoms with E-state index < -0.39 is 0 Å². The Morgan fingerprint density at radius 3 is 2.09 bits per heavy atom. The Labute approximate surface area is 207 Å². The highest BCUT2D eigenvalue weighted by atomic mass is 14.5. The lowest BCUT2D eigenvalue weighted by Crippen LogP contribution is -2.47. The molecule has 0 bridgehead atoms. The van der Waals surface area contributed by atoms with Crippen molar-refractivity contribution in [3.8, 4) is 0 Å². The highest BCUT2D eigenvalue weighted by molar-refractivity contribution is 5.87. The fourth-order valence-corrected chi connectivity index (χ4v) is 6.07. The molecule has 175 valence electrons. The number of rotatable bonds is 10. The van der Waals surface area contributed by atoms with Crippen LogP contribution in [0.1, 0.15) is 63.1 Å². The summed E-state index contributed by atoms with van der Waals surface area (Å²) in [4.78, 5) is 0. The number of unbranched alkanes of at least 4 members (excludes halogenated alkanes) is 1. The van der Waals surface area contributed by atoms with Crippen molar-refractivity contribution in [2.75, 3.05) is 0 Å². The van der Waals surface area contributed by atoms with Crippen LogP contribution in [0.2, 0.25) is 0 Å². The first-order valence-corrected chi connectivity index (χ1v) is 12.9. The molecule has 0 amide bonds. The largest absolute Gasteiger partial charge is 0.0654 e. The minimum Gasteiger partial charge on any atom is -0.0654 e. The van der Waals surface area contributed by atoms with Gasteiger partial charge >= 0.3 is 0 Å². The lowest BCUT2D eigenvalue weighted by Gasteiger charge is -2.50. The first-order valence-electron chi connectivity index (χ1n) is 12.9. The Morgan fingerprint density at radius 1 is 0.765 bits per heavy atom. The van der Waals surface area contributed by atoms with Crippen LogP contribution >= 0.6 is 0 Å². The van der Waals surface area contributed by atoms with E-state index in [0.717, 1.165) is 19.3 Å². The van der Waals surface area contributed by atoms with Crippen molar-refractivity contribution in [3.63, 3.8) is 0 Å². The van der Waals surface area contributed by atoms with Gasteiger partial charge in [-0.05, 0) is 59.6 Å². The average Bonchev–Trinajstić information content (AvgIpc) is 2.87. The first kappa shape index (κ1) is 24.3. The van der Waals surface area contributed by atoms with Gasteiger partial charge < -0.3 is 0 Å². The molecule has 34 heavy (non-hydrogen) atoms. The van der Waals surface area contributed by atoms with Crippen LogP contribution in [-0.2, 0) is 17.3 Å². The van der Waals surface area contributed by atoms with Crippen molar-refractivity contribution in [2.24, 2.45) is 5.92 Å². The summed E-state index contributed by atoms with van der Waals surface area (Å²) in [7, 11) is 0. The number of hydrogen-bond acceptors (Lipinski definition) is 0. The fraction of sp³-hybridized carbons (Fsp3) is 0.324. The Bertz CT molecular complexity index is 1170. The van der Waals surface area contributed by atoms with Crippen LogP contribution in [0.15, 0.2) is 103 Å². The quantitative estimate of drug-likeness (QED) is 0.227. The molecule has 3 atom stereocenters. The average molecular weight is 448 g/mol. The Morgan fingerprint density at radius 2 is 1.38 bits per heavy atom. The maximum atomic E-state index is 5.05. The molecule has 0 fully saturated rings. The Kier molecular flexibility index (Phi) is 7.57. The molecule has 0 heteroatoms. The Balaban J connectivity index is 1.86. The predicted octanol–water partition coefficient (Wildman–Crippen LogP) is 9.33. The SMILES string of the molecule is [CH2]C(C)(c1cccc2ccccc12)C(CCCC)(CC(C)Cc1ccccc1)c1ccccc1. The van der Waals surface area contributed by atoms with E-state index in [4.69, 9.17) is 6.92 Å². The van der Waals surface area contributed by atoms with E-state index in [-0.39, 0.29) is 10.8 Å². The van der Waals surface area contributed by atoms with Crippen LogP contribution in [0.25, 0.3) is 10.8 Å². The van der Waals surface area contributed by atoms with Gasteiger partial charge in [-0.25, -0.2) is 0 Å². The third-order valence-corrected chi connectivity index (χ3v) is 7.85. The molecule has 0 aromatic heterocycles. The van der Waals surface area contributed by atoms with Gasteiger partial charge in [-0.1, -0.05) is 137 Å². The van der Waals surface area contributed by atoms with Crippen LogP contribution in [-0.4, -0.2) is 0 Å². The lowest BCUT2D eigenvalue weighted by molar-refractivity contribution is 0.203. The zero-order valence-corrected chi connectivity index (χ0v) is 21.1. The van der Waals surface area contributed by atoms with Gasteiger partial charge in [-0.3, -0.25) is 0 Å². The van der Waals surface area contributed by atoms with Crippen LogP contribution in [0.4, 0.5) is 0 Å². The first-order chi connectivity index (χ1) is 16.5. The second kappa shape index (κ2) is 10.6. The van der Waals surface area contributed by atoms with Crippen molar-refractivity contribution in [1.29, 1.82) is 0 Å². The van der Waals surface area contributed by atoms with Crippen molar-refractivity contribution in [1.82, 2.24) is 0 Å². The van der Waals surface area contributed by atoms with Crippen molar-refractivity contribution in [2.45, 2.75) is 63.7 Å². The van der Waals surface area contributed by atoms with Gasteiger partial charge in [0.25, 0.3) is 0 Å². The molecule has 0 aliphatic heterocycles. The van der Waals surface area contributed by atoms with Crippen molar-refractivity contribution in [3.05, 3.63) is 127 Å². The summed E-state index contributed by atoms with van der Waals surface area (Å²) in [6.45, 7) is 12.2. The molecule has 0 nitrogen and oxygen atoms in total. The number of hydrogen-bond donors (Lipinski definition) is 0. The minimum atomic E-state index is -0.282. The third-order valence-electron chi connectivity index (χ3n) is 7.85. The van der Waals surface area contributed by atoms with Gasteiger partial charge in [0.1, 0.15) is 0 Å². The summed E-state index contributed by atoms with van der Waals surface area (Å²) in [5.74, 6) is 0.538. The van der Waals surface area contributed by atoms with Crippen molar-refractivity contribution >= 4 is 10.8 Å². The second-order valence-corrected chi connectivity index (χ2v) is 10.4. The molecule has 0 saturated carbocycles. The van der Waals surface area contributed by atoms with E-state index in [0.29, 0.717) is 5.92 Å². The fourth-order valence-electron chi connectivity index (χ4n) is 6.07. The van der Waals surface area contributed by atoms with Crippen molar-refractivity contribution < 1.29 is 0 Å². The number of benzene rings is 4. The van der Waals surface area contributed by atoms with Gasteiger partial charge in [0.05, 0.1) is 0 Å². The summed E-state index contributed by atoms with van der Waals surface area (Å²) in [5.41, 5.74) is 3.85. The zero-order valence-electron chi connectivity index (χ0n) is 21.1. The molecule has 4 aromatic carbocycles. The maximum Gasteiger partial charge on any atom is 0.00500 e. The molecule has 4 rings (SSSR count). The molecule has 1 radical (unpaired) electrons. The van der Waals surface area contributed by atoms with Crippen LogP contribution in [0, 0.1) is 12.8 Å². The smallest absolute Gasteiger partial charge is 0.00500 e. The van der Waals surface area contributed by atoms with Crippen LogP contribution in [0.3, 0.4) is 0 Å². The van der Waals surface area contributed by atoms with E-state index in [1.54, 1.807) is 0 Å². The highest BCUT2D eigenvalue weighted by Crippen LogP contribution is 2.52. The van der Waals surface area contributed by atoms with Gasteiger partial charge in [0.2, 0.25) is 0 Å². The molecule has 0 saturated heterocycles. The molecule has 0 heterocycles. The molecule has 0 spiro atoms. The summed E-state index contributed by atoms with van der Waals surface area (Å²) >= 11 is 0. The van der Waals surface area contributed by atoms with E-state index in [2.05, 4.69) is 124 Å². The summed E-state index contributed by atoms with van der Waals surface area (Å²) < 4.78 is 0. The van der Waals surface area contributed by atoms with E-state index in [1.165, 1.54) is 40.3 Å². The Hall–Kier alpha value is -2.86. The normalized spacial score (nSPS) is 14.6. The van der Waals surface area contributed by atoms with Gasteiger partial charge in [-0.15, -0.1) is 0 Å². The summed E-state index contributed by atoms with van der Waals surface area (Å²) in [5, 5.41) is 2.62. The number of fused-ring (bicyclic) bond motifs is 1. The standard InChI is InChI=1S/C34H39/c1-5-6-24-34(30-20-11-8-12-21-30,26-27(2)25-28-16-9-7-10-17-28)33(3,4)32-23-15-19-29-18-13-14-22-31(29)32/h7-23,27H,3,5-6,24-26H2,1-2,4H3. The summed E-state index contributed by atoms with van der Waals surface area (Å²) in [6, 6.07) is 37.8. The molecule has 0 aliphatic carbocycles. The van der Waals surface area contributed by atoms with Gasteiger partial charge in [0, 0.05) is 10.8 Å². The van der Waals surface area contributed by atoms with Gasteiger partial charge in [0.15, 0.2) is 0 Å². The molecule has 0 N–H and O–H groups in total. The summed E-state index contributed by atoms with van der Waals surface area (Å²) in [6.07, 6.45) is 5.72. The van der Waals surface area contributed by atoms with Gasteiger partial charge in [-0.2, -0.15) is 0 Å². The van der Waals surface area contributed by atoms with Crippen LogP contribution < -0.4 is 0 Å². The lowest BCUT2D eigenvalue weighted by atomic mass is 9.53.